The zero-order chi connectivity index (χ0) is 14.5. The Hall–Kier alpha value is -1.46. The van der Waals surface area contributed by atoms with Crippen molar-refractivity contribution < 1.29 is 8.81 Å². The van der Waals surface area contributed by atoms with Gasteiger partial charge in [-0.25, -0.2) is 4.39 Å². The third-order valence-electron chi connectivity index (χ3n) is 2.79. The maximum absolute atomic E-state index is 13.7. The maximum atomic E-state index is 13.7. The SMILES string of the molecule is CC(C)NCCc1nnc(Cc2c(F)cccc2Cl)o1. The average Bonchev–Trinajstić information content (AvgIpc) is 2.81. The van der Waals surface area contributed by atoms with Crippen molar-refractivity contribution in [1.29, 1.82) is 0 Å². The second-order valence-corrected chi connectivity index (χ2v) is 5.23. The fourth-order valence-corrected chi connectivity index (χ4v) is 2.01. The minimum absolute atomic E-state index is 0.204. The standard InChI is InChI=1S/C14H17ClFN3O/c1-9(2)17-7-6-13-18-19-14(20-13)8-10-11(15)4-3-5-12(10)16/h3-5,9,17H,6-8H2,1-2H3. The van der Waals surface area contributed by atoms with Crippen LogP contribution in [0.5, 0.6) is 0 Å². The van der Waals surface area contributed by atoms with Crippen LogP contribution in [0.3, 0.4) is 0 Å². The molecule has 0 radical (unpaired) electrons. The van der Waals surface area contributed by atoms with Crippen LogP contribution in [0.1, 0.15) is 31.2 Å². The minimum Gasteiger partial charge on any atom is -0.425 e. The zero-order valence-electron chi connectivity index (χ0n) is 11.5. The highest BCUT2D eigenvalue weighted by Gasteiger charge is 2.12. The Morgan fingerprint density at radius 2 is 2.05 bits per heavy atom. The average molecular weight is 298 g/mol. The molecule has 1 N–H and O–H groups in total. The van der Waals surface area contributed by atoms with E-state index >= 15 is 0 Å². The van der Waals surface area contributed by atoms with Gasteiger partial charge in [0.15, 0.2) is 0 Å². The molecule has 0 aliphatic heterocycles. The predicted molar refractivity (Wildman–Crippen MR) is 75.4 cm³/mol. The van der Waals surface area contributed by atoms with E-state index in [1.165, 1.54) is 6.07 Å². The number of hydrogen-bond acceptors (Lipinski definition) is 4. The van der Waals surface area contributed by atoms with Gasteiger partial charge in [0.1, 0.15) is 5.82 Å². The van der Waals surface area contributed by atoms with Gasteiger partial charge in [-0.2, -0.15) is 0 Å². The highest BCUT2D eigenvalue weighted by molar-refractivity contribution is 6.31. The summed E-state index contributed by atoms with van der Waals surface area (Å²) in [5, 5.41) is 11.5. The molecule has 20 heavy (non-hydrogen) atoms. The number of rotatable bonds is 6. The van der Waals surface area contributed by atoms with Gasteiger partial charge in [0.25, 0.3) is 0 Å². The van der Waals surface area contributed by atoms with Crippen molar-refractivity contribution in [2.75, 3.05) is 6.54 Å². The Kier molecular flexibility index (Phi) is 5.09. The van der Waals surface area contributed by atoms with E-state index in [9.17, 15) is 4.39 Å². The molecule has 0 unspecified atom stereocenters. The molecule has 0 spiro atoms. The molecule has 1 aromatic heterocycles. The molecule has 0 fully saturated rings. The van der Waals surface area contributed by atoms with Gasteiger partial charge in [-0.05, 0) is 12.1 Å². The molecule has 0 saturated carbocycles. The topological polar surface area (TPSA) is 51.0 Å². The molecular weight excluding hydrogens is 281 g/mol. The number of nitrogens with zero attached hydrogens (tertiary/aromatic N) is 2. The number of benzene rings is 1. The summed E-state index contributed by atoms with van der Waals surface area (Å²) in [4.78, 5) is 0. The Bertz CT molecular complexity index is 551. The second-order valence-electron chi connectivity index (χ2n) is 4.83. The summed E-state index contributed by atoms with van der Waals surface area (Å²) < 4.78 is 19.1. The van der Waals surface area contributed by atoms with Crippen molar-refractivity contribution in [2.24, 2.45) is 0 Å². The van der Waals surface area contributed by atoms with Gasteiger partial charge in [-0.3, -0.25) is 0 Å². The van der Waals surface area contributed by atoms with Crippen LogP contribution in [0.4, 0.5) is 4.39 Å². The molecule has 1 heterocycles. The fraction of sp³-hybridized carbons (Fsp3) is 0.429. The third kappa shape index (κ3) is 4.02. The van der Waals surface area contributed by atoms with E-state index in [1.54, 1.807) is 12.1 Å². The van der Waals surface area contributed by atoms with Gasteiger partial charge >= 0.3 is 0 Å². The van der Waals surface area contributed by atoms with Crippen LogP contribution in [-0.4, -0.2) is 22.8 Å². The lowest BCUT2D eigenvalue weighted by molar-refractivity contribution is 0.444. The van der Waals surface area contributed by atoms with Gasteiger partial charge in [0.2, 0.25) is 11.8 Å². The molecule has 6 heteroatoms. The van der Waals surface area contributed by atoms with E-state index < -0.39 is 0 Å². The van der Waals surface area contributed by atoms with Crippen LogP contribution >= 0.6 is 11.6 Å². The first-order valence-electron chi connectivity index (χ1n) is 6.54. The Morgan fingerprint density at radius 1 is 1.30 bits per heavy atom. The zero-order valence-corrected chi connectivity index (χ0v) is 12.2. The lowest BCUT2D eigenvalue weighted by Crippen LogP contribution is -2.25. The first-order chi connectivity index (χ1) is 9.56. The first-order valence-corrected chi connectivity index (χ1v) is 6.91. The lowest BCUT2D eigenvalue weighted by atomic mass is 10.1. The van der Waals surface area contributed by atoms with Crippen LogP contribution in [0.25, 0.3) is 0 Å². The van der Waals surface area contributed by atoms with Gasteiger partial charge < -0.3 is 9.73 Å². The summed E-state index contributed by atoms with van der Waals surface area (Å²) in [6, 6.07) is 4.99. The van der Waals surface area contributed by atoms with Crippen molar-refractivity contribution in [2.45, 2.75) is 32.7 Å². The summed E-state index contributed by atoms with van der Waals surface area (Å²) in [5.41, 5.74) is 0.379. The molecule has 2 aromatic rings. The molecule has 108 valence electrons. The van der Waals surface area contributed by atoms with Gasteiger partial charge in [-0.1, -0.05) is 31.5 Å². The van der Waals surface area contributed by atoms with E-state index in [1.807, 2.05) is 0 Å². The Labute approximate surface area is 122 Å². The fourth-order valence-electron chi connectivity index (χ4n) is 1.78. The Morgan fingerprint density at radius 3 is 2.75 bits per heavy atom. The van der Waals surface area contributed by atoms with Crippen LogP contribution < -0.4 is 5.32 Å². The van der Waals surface area contributed by atoms with Gasteiger partial charge in [0, 0.05) is 29.6 Å². The summed E-state index contributed by atoms with van der Waals surface area (Å²) in [6.45, 7) is 4.90. The number of hydrogen-bond donors (Lipinski definition) is 1. The van der Waals surface area contributed by atoms with E-state index in [4.69, 9.17) is 16.0 Å². The summed E-state index contributed by atoms with van der Waals surface area (Å²) in [5.74, 6) is 0.552. The normalized spacial score (nSPS) is 11.2. The first kappa shape index (κ1) is 14.9. The van der Waals surface area contributed by atoms with Crippen molar-refractivity contribution in [1.82, 2.24) is 15.5 Å². The summed E-state index contributed by atoms with van der Waals surface area (Å²) >= 11 is 5.96. The molecular formula is C14H17ClFN3O. The highest BCUT2D eigenvalue weighted by atomic mass is 35.5. The smallest absolute Gasteiger partial charge is 0.221 e. The number of nitrogens with one attached hydrogen (secondary N) is 1. The van der Waals surface area contributed by atoms with Gasteiger partial charge in [0.05, 0.1) is 6.42 Å². The lowest BCUT2D eigenvalue weighted by Gasteiger charge is -2.05. The van der Waals surface area contributed by atoms with Crippen molar-refractivity contribution >= 4 is 11.6 Å². The summed E-state index contributed by atoms with van der Waals surface area (Å²) in [6.07, 6.45) is 0.853. The van der Waals surface area contributed by atoms with E-state index in [0.29, 0.717) is 34.8 Å². The van der Waals surface area contributed by atoms with Crippen LogP contribution in [0, 0.1) is 5.82 Å². The quantitative estimate of drug-likeness (QED) is 0.890. The molecule has 1 aromatic carbocycles. The van der Waals surface area contributed by atoms with Crippen LogP contribution in [0.15, 0.2) is 22.6 Å². The van der Waals surface area contributed by atoms with Crippen LogP contribution in [-0.2, 0) is 12.8 Å². The third-order valence-corrected chi connectivity index (χ3v) is 3.14. The molecule has 0 aliphatic rings. The van der Waals surface area contributed by atoms with Gasteiger partial charge in [-0.15, -0.1) is 10.2 Å². The van der Waals surface area contributed by atoms with Crippen molar-refractivity contribution in [3.8, 4) is 0 Å². The molecule has 0 aliphatic carbocycles. The largest absolute Gasteiger partial charge is 0.425 e. The highest BCUT2D eigenvalue weighted by Crippen LogP contribution is 2.21. The molecule has 0 saturated heterocycles. The van der Waals surface area contributed by atoms with E-state index in [2.05, 4.69) is 29.4 Å². The second kappa shape index (κ2) is 6.81. The minimum atomic E-state index is -0.362. The maximum Gasteiger partial charge on any atom is 0.221 e. The molecule has 0 bridgehead atoms. The summed E-state index contributed by atoms with van der Waals surface area (Å²) in [7, 11) is 0. The Balaban J connectivity index is 1.99. The molecule has 2 rings (SSSR count). The number of halogens is 2. The van der Waals surface area contributed by atoms with Crippen molar-refractivity contribution in [3.63, 3.8) is 0 Å². The van der Waals surface area contributed by atoms with E-state index in [0.717, 1.165) is 6.54 Å². The molecule has 4 nitrogen and oxygen atoms in total. The molecule has 0 amide bonds. The van der Waals surface area contributed by atoms with E-state index in [-0.39, 0.29) is 12.2 Å². The van der Waals surface area contributed by atoms with Crippen LogP contribution in [0.2, 0.25) is 5.02 Å². The predicted octanol–water partition coefficient (Wildman–Crippen LogP) is 2.99. The number of aromatic nitrogens is 2. The monoisotopic (exact) mass is 297 g/mol. The molecule has 0 atom stereocenters. The van der Waals surface area contributed by atoms with Crippen molar-refractivity contribution in [3.05, 3.63) is 46.4 Å².